The molecule has 1 spiro atoms. The number of amides is 4. The van der Waals surface area contributed by atoms with E-state index in [0.29, 0.717) is 22.2 Å². The van der Waals surface area contributed by atoms with Gasteiger partial charge in [-0.1, -0.05) is 43.0 Å². The number of urea groups is 1. The Morgan fingerprint density at radius 1 is 1.32 bits per heavy atom. The van der Waals surface area contributed by atoms with E-state index in [2.05, 4.69) is 10.6 Å². The monoisotopic (exact) mass is 383 g/mol. The zero-order chi connectivity index (χ0) is 18.2. The molecule has 4 amide bonds. The van der Waals surface area contributed by atoms with Crippen molar-refractivity contribution in [1.82, 2.24) is 10.2 Å². The highest BCUT2D eigenvalue weighted by molar-refractivity contribution is 6.42. The highest BCUT2D eigenvalue weighted by Crippen LogP contribution is 2.38. The van der Waals surface area contributed by atoms with Crippen molar-refractivity contribution >= 4 is 46.7 Å². The quantitative estimate of drug-likeness (QED) is 0.784. The Balaban J connectivity index is 1.69. The molecule has 1 aromatic rings. The van der Waals surface area contributed by atoms with Crippen molar-refractivity contribution in [3.05, 3.63) is 28.2 Å². The van der Waals surface area contributed by atoms with Gasteiger partial charge in [0, 0.05) is 5.69 Å². The van der Waals surface area contributed by atoms with Gasteiger partial charge in [0.25, 0.3) is 5.91 Å². The molecule has 0 unspecified atom stereocenters. The molecule has 3 rings (SSSR count). The molecule has 1 saturated carbocycles. The molecule has 0 aromatic heterocycles. The molecule has 8 heteroatoms. The van der Waals surface area contributed by atoms with Gasteiger partial charge in [-0.15, -0.1) is 0 Å². The third-order valence-corrected chi connectivity index (χ3v) is 5.75. The fraction of sp³-hybridized carbons (Fsp3) is 0.471. The van der Waals surface area contributed by atoms with Crippen molar-refractivity contribution in [2.75, 3.05) is 11.9 Å². The van der Waals surface area contributed by atoms with Gasteiger partial charge in [-0.2, -0.15) is 0 Å². The summed E-state index contributed by atoms with van der Waals surface area (Å²) in [6.45, 7) is 1.63. The summed E-state index contributed by atoms with van der Waals surface area (Å²) in [5, 5.41) is 6.13. The first-order valence-electron chi connectivity index (χ1n) is 8.22. The van der Waals surface area contributed by atoms with E-state index in [1.807, 2.05) is 6.92 Å². The molecule has 1 aromatic carbocycles. The molecule has 2 N–H and O–H groups in total. The molecule has 2 fully saturated rings. The van der Waals surface area contributed by atoms with Gasteiger partial charge in [0.15, 0.2) is 0 Å². The minimum Gasteiger partial charge on any atom is -0.324 e. The van der Waals surface area contributed by atoms with Gasteiger partial charge in [-0.05, 0) is 37.0 Å². The number of carbonyl (C=O) groups is 3. The first kappa shape index (κ1) is 18.0. The van der Waals surface area contributed by atoms with Crippen molar-refractivity contribution in [1.29, 1.82) is 0 Å². The Bertz CT molecular complexity index is 740. The molecule has 0 bridgehead atoms. The largest absolute Gasteiger partial charge is 0.325 e. The lowest BCUT2D eigenvalue weighted by Gasteiger charge is -2.36. The third kappa shape index (κ3) is 3.33. The second-order valence-electron chi connectivity index (χ2n) is 6.62. The molecule has 1 aliphatic heterocycles. The van der Waals surface area contributed by atoms with Crippen LogP contribution in [0.4, 0.5) is 10.5 Å². The van der Waals surface area contributed by atoms with E-state index in [1.165, 1.54) is 6.07 Å². The first-order valence-corrected chi connectivity index (χ1v) is 8.98. The number of imide groups is 1. The minimum absolute atomic E-state index is 0.0563. The maximum atomic E-state index is 12.8. The van der Waals surface area contributed by atoms with Gasteiger partial charge in [0.2, 0.25) is 5.91 Å². The second-order valence-corrected chi connectivity index (χ2v) is 7.43. The molecular formula is C17H19Cl2N3O3. The predicted molar refractivity (Wildman–Crippen MR) is 95.7 cm³/mol. The van der Waals surface area contributed by atoms with Crippen molar-refractivity contribution in [3.8, 4) is 0 Å². The van der Waals surface area contributed by atoms with E-state index in [0.717, 1.165) is 24.2 Å². The van der Waals surface area contributed by atoms with Crippen LogP contribution in [0.2, 0.25) is 10.0 Å². The Hall–Kier alpha value is -1.79. The summed E-state index contributed by atoms with van der Waals surface area (Å²) >= 11 is 11.8. The van der Waals surface area contributed by atoms with Gasteiger partial charge in [-0.3, -0.25) is 14.5 Å². The SMILES string of the molecule is C[C@@H]1CCCC[C@]12NC(=O)N(CC(=O)Nc1ccc(Cl)c(Cl)c1)C2=O. The maximum absolute atomic E-state index is 12.8. The molecule has 2 aliphatic rings. The van der Waals surface area contributed by atoms with Crippen LogP contribution in [0.1, 0.15) is 32.6 Å². The Morgan fingerprint density at radius 3 is 2.76 bits per heavy atom. The summed E-state index contributed by atoms with van der Waals surface area (Å²) < 4.78 is 0. The number of halogens is 2. The summed E-state index contributed by atoms with van der Waals surface area (Å²) in [5.74, 6) is -0.725. The molecule has 134 valence electrons. The van der Waals surface area contributed by atoms with Gasteiger partial charge in [0.1, 0.15) is 12.1 Å². The van der Waals surface area contributed by atoms with Crippen LogP contribution in [0.15, 0.2) is 18.2 Å². The zero-order valence-electron chi connectivity index (χ0n) is 13.8. The van der Waals surface area contributed by atoms with E-state index in [4.69, 9.17) is 23.2 Å². The van der Waals surface area contributed by atoms with E-state index in [-0.39, 0.29) is 18.4 Å². The summed E-state index contributed by atoms with van der Waals surface area (Å²) in [5.41, 5.74) is -0.411. The molecule has 6 nitrogen and oxygen atoms in total. The third-order valence-electron chi connectivity index (χ3n) is 5.01. The molecule has 1 saturated heterocycles. The van der Waals surface area contributed by atoms with Crippen LogP contribution in [0, 0.1) is 5.92 Å². The highest BCUT2D eigenvalue weighted by atomic mass is 35.5. The van der Waals surface area contributed by atoms with Gasteiger partial charge >= 0.3 is 6.03 Å². The van der Waals surface area contributed by atoms with Gasteiger partial charge in [-0.25, -0.2) is 4.79 Å². The maximum Gasteiger partial charge on any atom is 0.325 e. The zero-order valence-corrected chi connectivity index (χ0v) is 15.3. The lowest BCUT2D eigenvalue weighted by atomic mass is 9.73. The van der Waals surface area contributed by atoms with Crippen molar-refractivity contribution in [2.24, 2.45) is 5.92 Å². The number of anilines is 1. The van der Waals surface area contributed by atoms with E-state index in [1.54, 1.807) is 12.1 Å². The van der Waals surface area contributed by atoms with Crippen molar-refractivity contribution < 1.29 is 14.4 Å². The van der Waals surface area contributed by atoms with Crippen LogP contribution in [0.5, 0.6) is 0 Å². The molecule has 1 aliphatic carbocycles. The highest BCUT2D eigenvalue weighted by Gasteiger charge is 2.55. The number of nitrogens with one attached hydrogen (secondary N) is 2. The average molecular weight is 384 g/mol. The molecule has 0 radical (unpaired) electrons. The number of benzene rings is 1. The molecule has 25 heavy (non-hydrogen) atoms. The Kier molecular flexibility index (Phi) is 4.93. The van der Waals surface area contributed by atoms with Crippen LogP contribution in [0.3, 0.4) is 0 Å². The van der Waals surface area contributed by atoms with E-state index < -0.39 is 17.5 Å². The first-order chi connectivity index (χ1) is 11.8. The summed E-state index contributed by atoms with van der Waals surface area (Å²) in [7, 11) is 0. The summed E-state index contributed by atoms with van der Waals surface area (Å²) in [6.07, 6.45) is 3.43. The fourth-order valence-electron chi connectivity index (χ4n) is 3.56. The number of hydrogen-bond acceptors (Lipinski definition) is 3. The average Bonchev–Trinajstić information content (AvgIpc) is 2.79. The van der Waals surface area contributed by atoms with Crippen molar-refractivity contribution in [2.45, 2.75) is 38.1 Å². The second kappa shape index (κ2) is 6.84. The molecular weight excluding hydrogens is 365 g/mol. The van der Waals surface area contributed by atoms with Crippen LogP contribution < -0.4 is 10.6 Å². The Labute approximate surface area is 155 Å². The summed E-state index contributed by atoms with van der Waals surface area (Å²) in [6, 6.07) is 4.16. The fourth-order valence-corrected chi connectivity index (χ4v) is 3.86. The standard InChI is InChI=1S/C17H19Cl2N3O3/c1-10-4-2-3-7-17(10)15(24)22(16(25)21-17)9-14(23)20-11-5-6-12(18)13(19)8-11/h5-6,8,10H,2-4,7,9H2,1H3,(H,20,23)(H,21,25)/t10-,17+/m1/s1. The van der Waals surface area contributed by atoms with E-state index in [9.17, 15) is 14.4 Å². The minimum atomic E-state index is -0.862. The molecule has 2 atom stereocenters. The summed E-state index contributed by atoms with van der Waals surface area (Å²) in [4.78, 5) is 38.3. The van der Waals surface area contributed by atoms with Gasteiger partial charge < -0.3 is 10.6 Å². The van der Waals surface area contributed by atoms with Crippen LogP contribution in [0.25, 0.3) is 0 Å². The van der Waals surface area contributed by atoms with Crippen molar-refractivity contribution in [3.63, 3.8) is 0 Å². The lowest BCUT2D eigenvalue weighted by Crippen LogP contribution is -2.54. The smallest absolute Gasteiger partial charge is 0.324 e. The van der Waals surface area contributed by atoms with Crippen LogP contribution >= 0.6 is 23.2 Å². The van der Waals surface area contributed by atoms with E-state index >= 15 is 0 Å². The topological polar surface area (TPSA) is 78.5 Å². The lowest BCUT2D eigenvalue weighted by molar-refractivity contribution is -0.136. The van der Waals surface area contributed by atoms with Crippen LogP contribution in [-0.4, -0.2) is 34.8 Å². The van der Waals surface area contributed by atoms with Crippen LogP contribution in [-0.2, 0) is 9.59 Å². The van der Waals surface area contributed by atoms with Gasteiger partial charge in [0.05, 0.1) is 10.0 Å². The normalized spacial score (nSPS) is 26.0. The number of carbonyl (C=O) groups excluding carboxylic acids is 3. The molecule has 1 heterocycles. The number of rotatable bonds is 3. The number of nitrogens with zero attached hydrogens (tertiary/aromatic N) is 1. The Morgan fingerprint density at radius 2 is 2.08 bits per heavy atom. The predicted octanol–water partition coefficient (Wildman–Crippen LogP) is 3.43. The number of hydrogen-bond donors (Lipinski definition) is 2.